The van der Waals surface area contributed by atoms with Gasteiger partial charge in [-0.15, -0.1) is 0 Å². The number of rotatable bonds is 3. The van der Waals surface area contributed by atoms with Crippen LogP contribution in [0.1, 0.15) is 24.2 Å². The van der Waals surface area contributed by atoms with Gasteiger partial charge in [0.1, 0.15) is 11.3 Å². The van der Waals surface area contributed by atoms with E-state index in [2.05, 4.69) is 0 Å². The van der Waals surface area contributed by atoms with Gasteiger partial charge in [-0.2, -0.15) is 0 Å². The zero-order chi connectivity index (χ0) is 15.0. The summed E-state index contributed by atoms with van der Waals surface area (Å²) in [6.07, 6.45) is 0. The molecule has 3 rings (SSSR count). The molecule has 106 valence electrons. The second-order valence-electron chi connectivity index (χ2n) is 5.18. The van der Waals surface area contributed by atoms with E-state index < -0.39 is 11.9 Å². The first-order valence-corrected chi connectivity index (χ1v) is 6.90. The third-order valence-electron chi connectivity index (χ3n) is 3.82. The molecule has 1 heterocycles. The van der Waals surface area contributed by atoms with Crippen molar-refractivity contribution in [1.29, 1.82) is 0 Å². The molecule has 0 bridgehead atoms. The van der Waals surface area contributed by atoms with Gasteiger partial charge in [-0.3, -0.25) is 4.79 Å². The number of carbonyl (C=O) groups is 1. The topological polar surface area (TPSA) is 50.4 Å². The summed E-state index contributed by atoms with van der Waals surface area (Å²) in [6.45, 7) is 3.59. The molecule has 3 nitrogen and oxygen atoms in total. The van der Waals surface area contributed by atoms with E-state index in [9.17, 15) is 9.90 Å². The molecule has 1 aromatic heterocycles. The van der Waals surface area contributed by atoms with E-state index in [0.29, 0.717) is 11.1 Å². The summed E-state index contributed by atoms with van der Waals surface area (Å²) in [5, 5.41) is 10.2. The van der Waals surface area contributed by atoms with E-state index in [1.807, 2.05) is 55.5 Å². The molecule has 2 aromatic carbocycles. The molecule has 0 aliphatic rings. The predicted octanol–water partition coefficient (Wildman–Crippen LogP) is 4.60. The lowest BCUT2D eigenvalue weighted by atomic mass is 9.96. The normalized spacial score (nSPS) is 12.5. The second kappa shape index (κ2) is 5.09. The monoisotopic (exact) mass is 280 g/mol. The van der Waals surface area contributed by atoms with Crippen molar-refractivity contribution < 1.29 is 14.3 Å². The fourth-order valence-electron chi connectivity index (χ4n) is 2.70. The SMILES string of the molecule is Cc1oc2c(C(C)C(=O)O)cccc2c1-c1ccccc1. The van der Waals surface area contributed by atoms with Crippen LogP contribution in [-0.2, 0) is 4.79 Å². The highest BCUT2D eigenvalue weighted by molar-refractivity contribution is 5.98. The van der Waals surface area contributed by atoms with Crippen LogP contribution >= 0.6 is 0 Å². The minimum Gasteiger partial charge on any atom is -0.481 e. The number of aryl methyl sites for hydroxylation is 1. The van der Waals surface area contributed by atoms with E-state index >= 15 is 0 Å². The molecule has 3 heteroatoms. The molecule has 0 fully saturated rings. The molecule has 0 aliphatic heterocycles. The van der Waals surface area contributed by atoms with Crippen LogP contribution in [0, 0.1) is 6.92 Å². The lowest BCUT2D eigenvalue weighted by Crippen LogP contribution is -2.07. The van der Waals surface area contributed by atoms with E-state index in [-0.39, 0.29) is 0 Å². The molecule has 1 N–H and O–H groups in total. The van der Waals surface area contributed by atoms with Gasteiger partial charge in [0.05, 0.1) is 5.92 Å². The fourth-order valence-corrected chi connectivity index (χ4v) is 2.70. The quantitative estimate of drug-likeness (QED) is 0.763. The maximum atomic E-state index is 11.3. The fraction of sp³-hybridized carbons (Fsp3) is 0.167. The Morgan fingerprint density at radius 2 is 1.81 bits per heavy atom. The van der Waals surface area contributed by atoms with Crippen molar-refractivity contribution >= 4 is 16.9 Å². The Morgan fingerprint density at radius 1 is 1.10 bits per heavy atom. The Morgan fingerprint density at radius 3 is 2.48 bits per heavy atom. The lowest BCUT2D eigenvalue weighted by Gasteiger charge is -2.07. The number of fused-ring (bicyclic) bond motifs is 1. The molecule has 0 radical (unpaired) electrons. The van der Waals surface area contributed by atoms with Gasteiger partial charge in [0, 0.05) is 16.5 Å². The van der Waals surface area contributed by atoms with Crippen molar-refractivity contribution in [2.24, 2.45) is 0 Å². The van der Waals surface area contributed by atoms with Crippen molar-refractivity contribution in [3.8, 4) is 11.1 Å². The van der Waals surface area contributed by atoms with Gasteiger partial charge >= 0.3 is 5.97 Å². The number of hydrogen-bond donors (Lipinski definition) is 1. The minimum absolute atomic E-state index is 0.595. The summed E-state index contributed by atoms with van der Waals surface area (Å²) in [5.74, 6) is -0.637. The maximum absolute atomic E-state index is 11.3. The highest BCUT2D eigenvalue weighted by Gasteiger charge is 2.21. The number of para-hydroxylation sites is 1. The van der Waals surface area contributed by atoms with Crippen LogP contribution in [0.2, 0.25) is 0 Å². The smallest absolute Gasteiger partial charge is 0.310 e. The van der Waals surface area contributed by atoms with Crippen LogP contribution in [-0.4, -0.2) is 11.1 Å². The van der Waals surface area contributed by atoms with E-state index in [1.54, 1.807) is 6.92 Å². The third-order valence-corrected chi connectivity index (χ3v) is 3.82. The summed E-state index contributed by atoms with van der Waals surface area (Å²) in [7, 11) is 0. The predicted molar refractivity (Wildman–Crippen MR) is 82.4 cm³/mol. The standard InChI is InChI=1S/C18H16O3/c1-11(18(19)20)14-9-6-10-15-16(12(2)21-17(14)15)13-7-4-3-5-8-13/h3-11H,1-2H3,(H,19,20). The third kappa shape index (κ3) is 2.21. The molecule has 0 aliphatic carbocycles. The van der Waals surface area contributed by atoms with E-state index in [1.165, 1.54) is 0 Å². The van der Waals surface area contributed by atoms with Crippen LogP contribution in [0.4, 0.5) is 0 Å². The Bertz CT molecular complexity index is 800. The Labute approximate surface area is 122 Å². The average Bonchev–Trinajstić information content (AvgIpc) is 2.83. The van der Waals surface area contributed by atoms with E-state index in [0.717, 1.165) is 22.3 Å². The highest BCUT2D eigenvalue weighted by Crippen LogP contribution is 2.37. The maximum Gasteiger partial charge on any atom is 0.310 e. The first-order chi connectivity index (χ1) is 10.1. The molecular weight excluding hydrogens is 264 g/mol. The van der Waals surface area contributed by atoms with Crippen molar-refractivity contribution in [3.63, 3.8) is 0 Å². The summed E-state index contributed by atoms with van der Waals surface area (Å²) in [5.41, 5.74) is 3.49. The Balaban J connectivity index is 2.28. The molecule has 0 saturated carbocycles. The summed E-state index contributed by atoms with van der Waals surface area (Å²) in [6, 6.07) is 15.7. The van der Waals surface area contributed by atoms with Gasteiger partial charge in [0.15, 0.2) is 0 Å². The minimum atomic E-state index is -0.849. The number of aliphatic carboxylic acids is 1. The van der Waals surface area contributed by atoms with Gasteiger partial charge in [-0.1, -0.05) is 48.5 Å². The van der Waals surface area contributed by atoms with Crippen LogP contribution in [0.3, 0.4) is 0 Å². The zero-order valence-electron chi connectivity index (χ0n) is 12.0. The number of carboxylic acid groups (broad SMARTS) is 1. The number of furan rings is 1. The van der Waals surface area contributed by atoms with Crippen LogP contribution in [0.5, 0.6) is 0 Å². The van der Waals surface area contributed by atoms with Crippen molar-refractivity contribution in [3.05, 3.63) is 59.9 Å². The number of hydrogen-bond acceptors (Lipinski definition) is 2. The molecule has 21 heavy (non-hydrogen) atoms. The van der Waals surface area contributed by atoms with Crippen molar-refractivity contribution in [2.75, 3.05) is 0 Å². The summed E-state index contributed by atoms with van der Waals surface area (Å²) < 4.78 is 5.89. The van der Waals surface area contributed by atoms with Crippen LogP contribution < -0.4 is 0 Å². The largest absolute Gasteiger partial charge is 0.481 e. The van der Waals surface area contributed by atoms with Gasteiger partial charge in [-0.05, 0) is 19.4 Å². The number of benzene rings is 2. The average molecular weight is 280 g/mol. The highest BCUT2D eigenvalue weighted by atomic mass is 16.4. The zero-order valence-corrected chi connectivity index (χ0v) is 12.0. The van der Waals surface area contributed by atoms with Crippen LogP contribution in [0.15, 0.2) is 52.9 Å². The summed E-state index contributed by atoms with van der Waals surface area (Å²) in [4.78, 5) is 11.3. The van der Waals surface area contributed by atoms with Crippen molar-refractivity contribution in [1.82, 2.24) is 0 Å². The molecule has 1 unspecified atom stereocenters. The Kier molecular flexibility index (Phi) is 3.26. The van der Waals surface area contributed by atoms with Crippen LogP contribution in [0.25, 0.3) is 22.1 Å². The first-order valence-electron chi connectivity index (χ1n) is 6.90. The molecule has 0 amide bonds. The van der Waals surface area contributed by atoms with Gasteiger partial charge in [-0.25, -0.2) is 0 Å². The molecule has 1 atom stereocenters. The molecule has 0 spiro atoms. The molecule has 3 aromatic rings. The molecular formula is C18H16O3. The first kappa shape index (κ1) is 13.4. The van der Waals surface area contributed by atoms with E-state index in [4.69, 9.17) is 4.42 Å². The second-order valence-corrected chi connectivity index (χ2v) is 5.18. The van der Waals surface area contributed by atoms with Gasteiger partial charge < -0.3 is 9.52 Å². The Hall–Kier alpha value is -2.55. The van der Waals surface area contributed by atoms with Gasteiger partial charge in [0.25, 0.3) is 0 Å². The summed E-state index contributed by atoms with van der Waals surface area (Å²) >= 11 is 0. The lowest BCUT2D eigenvalue weighted by molar-refractivity contribution is -0.138. The number of carboxylic acids is 1. The molecule has 0 saturated heterocycles. The van der Waals surface area contributed by atoms with Gasteiger partial charge in [0.2, 0.25) is 0 Å². The van der Waals surface area contributed by atoms with Crippen molar-refractivity contribution in [2.45, 2.75) is 19.8 Å².